The van der Waals surface area contributed by atoms with Crippen molar-refractivity contribution in [2.24, 2.45) is 0 Å². The zero-order valence-electron chi connectivity index (χ0n) is 11.8. The number of carbonyl (C=O) groups excluding carboxylic acids is 1. The first kappa shape index (κ1) is 14.4. The Labute approximate surface area is 118 Å². The van der Waals surface area contributed by atoms with Crippen LogP contribution in [0.3, 0.4) is 0 Å². The van der Waals surface area contributed by atoms with Crippen LogP contribution in [0.4, 0.5) is 4.79 Å². The van der Waals surface area contributed by atoms with Crippen LogP contribution in [0, 0.1) is 6.92 Å². The molecular weight excluding hydrogens is 258 g/mol. The molecule has 1 aromatic rings. The molecule has 2 rings (SSSR count). The number of ether oxygens (including phenoxy) is 1. The van der Waals surface area contributed by atoms with E-state index in [9.17, 15) is 9.59 Å². The van der Waals surface area contributed by atoms with Crippen LogP contribution in [-0.2, 0) is 16.1 Å². The number of carboxylic acids is 1. The van der Waals surface area contributed by atoms with Crippen molar-refractivity contribution in [2.45, 2.75) is 38.8 Å². The molecule has 0 aliphatic carbocycles. The minimum atomic E-state index is -0.876. The minimum absolute atomic E-state index is 0.00213. The first-order valence-corrected chi connectivity index (χ1v) is 6.63. The van der Waals surface area contributed by atoms with Crippen LogP contribution in [0.2, 0.25) is 0 Å². The fraction of sp³-hybridized carbons (Fsp3) is 0.467. The standard InChI is InChI=1S/C15H19NO4/c1-11-3-5-12(6-4-11)9-16-10-15(2,20-14(16)19)8-7-13(17)18/h3-6H,7-10H2,1-2H3,(H,17,18). The Balaban J connectivity index is 1.98. The minimum Gasteiger partial charge on any atom is -0.481 e. The average Bonchev–Trinajstić information content (AvgIpc) is 2.66. The normalized spacial score (nSPS) is 21.9. The first-order valence-electron chi connectivity index (χ1n) is 6.63. The Hall–Kier alpha value is -2.04. The number of aliphatic carboxylic acids is 1. The van der Waals surface area contributed by atoms with Crippen LogP contribution in [0.1, 0.15) is 30.9 Å². The van der Waals surface area contributed by atoms with Gasteiger partial charge >= 0.3 is 12.1 Å². The lowest BCUT2D eigenvalue weighted by atomic mass is 10.00. The summed E-state index contributed by atoms with van der Waals surface area (Å²) in [5.74, 6) is -0.876. The van der Waals surface area contributed by atoms with Crippen molar-refractivity contribution in [3.8, 4) is 0 Å². The van der Waals surface area contributed by atoms with E-state index in [0.717, 1.165) is 5.56 Å². The fourth-order valence-electron chi connectivity index (χ4n) is 2.31. The Kier molecular flexibility index (Phi) is 3.97. The fourth-order valence-corrected chi connectivity index (χ4v) is 2.31. The van der Waals surface area contributed by atoms with E-state index < -0.39 is 11.6 Å². The number of carboxylic acid groups (broad SMARTS) is 1. The molecule has 1 aliphatic heterocycles. The Morgan fingerprint density at radius 2 is 2.05 bits per heavy atom. The van der Waals surface area contributed by atoms with Crippen molar-refractivity contribution in [1.82, 2.24) is 4.90 Å². The lowest BCUT2D eigenvalue weighted by Crippen LogP contribution is -2.31. The number of hydrogen-bond donors (Lipinski definition) is 1. The third-order valence-electron chi connectivity index (χ3n) is 3.48. The van der Waals surface area contributed by atoms with Crippen molar-refractivity contribution in [1.29, 1.82) is 0 Å². The molecule has 1 fully saturated rings. The van der Waals surface area contributed by atoms with Gasteiger partial charge in [-0.05, 0) is 25.8 Å². The molecule has 1 N–H and O–H groups in total. The molecule has 1 aliphatic rings. The van der Waals surface area contributed by atoms with Crippen molar-refractivity contribution in [3.63, 3.8) is 0 Å². The van der Waals surface area contributed by atoms with Crippen molar-refractivity contribution < 1.29 is 19.4 Å². The van der Waals surface area contributed by atoms with E-state index in [-0.39, 0.29) is 12.5 Å². The smallest absolute Gasteiger partial charge is 0.410 e. The Morgan fingerprint density at radius 3 is 2.65 bits per heavy atom. The van der Waals surface area contributed by atoms with E-state index in [1.807, 2.05) is 31.2 Å². The summed E-state index contributed by atoms with van der Waals surface area (Å²) in [7, 11) is 0. The van der Waals surface area contributed by atoms with Crippen molar-refractivity contribution in [3.05, 3.63) is 35.4 Å². The summed E-state index contributed by atoms with van der Waals surface area (Å²) in [6.07, 6.45) is -0.0425. The molecule has 1 atom stereocenters. The summed E-state index contributed by atoms with van der Waals surface area (Å²) < 4.78 is 5.33. The zero-order chi connectivity index (χ0) is 14.8. The Morgan fingerprint density at radius 1 is 1.40 bits per heavy atom. The molecule has 1 amide bonds. The molecular formula is C15H19NO4. The lowest BCUT2D eigenvalue weighted by Gasteiger charge is -2.20. The summed E-state index contributed by atoms with van der Waals surface area (Å²) in [4.78, 5) is 24.1. The van der Waals surface area contributed by atoms with Crippen LogP contribution in [0.15, 0.2) is 24.3 Å². The molecule has 0 radical (unpaired) electrons. The van der Waals surface area contributed by atoms with Crippen LogP contribution in [0.25, 0.3) is 0 Å². The number of aryl methyl sites for hydroxylation is 1. The van der Waals surface area contributed by atoms with Crippen LogP contribution >= 0.6 is 0 Å². The molecule has 20 heavy (non-hydrogen) atoms. The van der Waals surface area contributed by atoms with E-state index in [1.54, 1.807) is 11.8 Å². The maximum absolute atomic E-state index is 11.9. The predicted octanol–water partition coefficient (Wildman–Crippen LogP) is 2.57. The molecule has 108 valence electrons. The number of cyclic esters (lactones) is 1. The number of nitrogens with zero attached hydrogens (tertiary/aromatic N) is 1. The topological polar surface area (TPSA) is 66.8 Å². The highest BCUT2D eigenvalue weighted by atomic mass is 16.6. The van der Waals surface area contributed by atoms with Crippen LogP contribution in [-0.4, -0.2) is 34.2 Å². The summed E-state index contributed by atoms with van der Waals surface area (Å²) >= 11 is 0. The second kappa shape index (κ2) is 5.53. The Bertz CT molecular complexity index is 511. The molecule has 5 nitrogen and oxygen atoms in total. The van der Waals surface area contributed by atoms with E-state index in [0.29, 0.717) is 19.5 Å². The number of hydrogen-bond acceptors (Lipinski definition) is 3. The van der Waals surface area contributed by atoms with Crippen molar-refractivity contribution in [2.75, 3.05) is 6.54 Å². The van der Waals surface area contributed by atoms with Gasteiger partial charge in [-0.3, -0.25) is 9.69 Å². The highest BCUT2D eigenvalue weighted by molar-refractivity contribution is 5.71. The second-order valence-electron chi connectivity index (χ2n) is 5.55. The van der Waals surface area contributed by atoms with Gasteiger partial charge < -0.3 is 9.84 Å². The summed E-state index contributed by atoms with van der Waals surface area (Å²) in [5, 5.41) is 8.73. The molecule has 1 unspecified atom stereocenters. The number of benzene rings is 1. The average molecular weight is 277 g/mol. The molecule has 0 saturated carbocycles. The maximum Gasteiger partial charge on any atom is 0.410 e. The molecule has 0 bridgehead atoms. The predicted molar refractivity (Wildman–Crippen MR) is 73.3 cm³/mol. The summed E-state index contributed by atoms with van der Waals surface area (Å²) in [6.45, 7) is 4.70. The van der Waals surface area contributed by atoms with E-state index >= 15 is 0 Å². The van der Waals surface area contributed by atoms with Gasteiger partial charge in [0, 0.05) is 13.0 Å². The third kappa shape index (κ3) is 3.50. The SMILES string of the molecule is Cc1ccc(CN2CC(C)(CCC(=O)O)OC2=O)cc1. The molecule has 0 spiro atoms. The monoisotopic (exact) mass is 277 g/mol. The molecule has 1 heterocycles. The number of carbonyl (C=O) groups is 2. The van der Waals surface area contributed by atoms with Crippen LogP contribution in [0.5, 0.6) is 0 Å². The van der Waals surface area contributed by atoms with Gasteiger partial charge in [-0.1, -0.05) is 29.8 Å². The van der Waals surface area contributed by atoms with E-state index in [1.165, 1.54) is 5.56 Å². The highest BCUT2D eigenvalue weighted by Gasteiger charge is 2.41. The summed E-state index contributed by atoms with van der Waals surface area (Å²) in [6, 6.07) is 7.96. The van der Waals surface area contributed by atoms with Gasteiger partial charge in [0.25, 0.3) is 0 Å². The van der Waals surface area contributed by atoms with E-state index in [2.05, 4.69) is 0 Å². The van der Waals surface area contributed by atoms with Gasteiger partial charge in [-0.2, -0.15) is 0 Å². The van der Waals surface area contributed by atoms with Gasteiger partial charge in [-0.15, -0.1) is 0 Å². The quantitative estimate of drug-likeness (QED) is 0.898. The van der Waals surface area contributed by atoms with Gasteiger partial charge in [0.15, 0.2) is 0 Å². The molecule has 1 aromatic carbocycles. The van der Waals surface area contributed by atoms with Crippen LogP contribution < -0.4 is 0 Å². The van der Waals surface area contributed by atoms with Gasteiger partial charge in [0.1, 0.15) is 5.60 Å². The third-order valence-corrected chi connectivity index (χ3v) is 3.48. The molecule has 5 heteroatoms. The largest absolute Gasteiger partial charge is 0.481 e. The highest BCUT2D eigenvalue weighted by Crippen LogP contribution is 2.28. The molecule has 0 aromatic heterocycles. The van der Waals surface area contributed by atoms with Crippen molar-refractivity contribution >= 4 is 12.1 Å². The lowest BCUT2D eigenvalue weighted by molar-refractivity contribution is -0.138. The van der Waals surface area contributed by atoms with E-state index in [4.69, 9.17) is 9.84 Å². The second-order valence-corrected chi connectivity index (χ2v) is 5.55. The van der Waals surface area contributed by atoms with Gasteiger partial charge in [0.2, 0.25) is 0 Å². The van der Waals surface area contributed by atoms with Gasteiger partial charge in [0.05, 0.1) is 6.54 Å². The van der Waals surface area contributed by atoms with Gasteiger partial charge in [-0.25, -0.2) is 4.79 Å². The first-order chi connectivity index (χ1) is 9.38. The summed E-state index contributed by atoms with van der Waals surface area (Å²) in [5.41, 5.74) is 1.50. The zero-order valence-corrected chi connectivity index (χ0v) is 11.8. The number of amides is 1. The maximum atomic E-state index is 11.9. The molecule has 1 saturated heterocycles. The number of rotatable bonds is 5.